The van der Waals surface area contributed by atoms with Gasteiger partial charge in [-0.15, -0.1) is 24.0 Å². The number of hydrogen-bond donors (Lipinski definition) is 2. The second kappa shape index (κ2) is 11.1. The van der Waals surface area contributed by atoms with E-state index in [9.17, 15) is 8.42 Å². The molecule has 8 nitrogen and oxygen atoms in total. The molecule has 160 valence electrons. The summed E-state index contributed by atoms with van der Waals surface area (Å²) < 4.78 is 30.2. The van der Waals surface area contributed by atoms with Gasteiger partial charge in [-0.25, -0.2) is 12.7 Å². The van der Waals surface area contributed by atoms with Crippen LogP contribution in [-0.2, 0) is 14.8 Å². The van der Waals surface area contributed by atoms with Crippen molar-refractivity contribution in [2.75, 3.05) is 65.8 Å². The Kier molecular flexibility index (Phi) is 10.2. The zero-order chi connectivity index (χ0) is 19.2. The number of sulfonamides is 1. The van der Waals surface area contributed by atoms with Gasteiger partial charge in [0.15, 0.2) is 5.96 Å². The lowest BCUT2D eigenvalue weighted by molar-refractivity contribution is -0.00834. The first-order valence-corrected chi connectivity index (χ1v) is 11.3. The zero-order valence-electron chi connectivity index (χ0n) is 17.0. The molecular formula is C17H36IN5O3S. The summed E-state index contributed by atoms with van der Waals surface area (Å²) in [4.78, 5) is 6.76. The highest BCUT2D eigenvalue weighted by Gasteiger charge is 2.28. The number of halogens is 1. The van der Waals surface area contributed by atoms with Crippen molar-refractivity contribution in [2.45, 2.75) is 32.2 Å². The molecule has 0 saturated carbocycles. The molecule has 0 bridgehead atoms. The standard InChI is InChI=1S/C17H35N5O3S.HI/c1-17(2,21-9-11-25-12-10-21)14-20-16(18-3)19-13-15-5-7-22(8-6-15)26(4,23)24;/h15H,5-14H2,1-4H3,(H2,18,19,20);1H. The van der Waals surface area contributed by atoms with Crippen LogP contribution in [-0.4, -0.2) is 94.9 Å². The number of hydrogen-bond acceptors (Lipinski definition) is 5. The monoisotopic (exact) mass is 517 g/mol. The number of morpholine rings is 1. The average molecular weight is 517 g/mol. The summed E-state index contributed by atoms with van der Waals surface area (Å²) in [6.45, 7) is 10.8. The summed E-state index contributed by atoms with van der Waals surface area (Å²) >= 11 is 0. The third-order valence-corrected chi connectivity index (χ3v) is 6.68. The Labute approximate surface area is 181 Å². The minimum Gasteiger partial charge on any atom is -0.379 e. The summed E-state index contributed by atoms with van der Waals surface area (Å²) in [5.74, 6) is 1.27. The molecule has 2 aliphatic rings. The molecule has 0 aromatic heterocycles. The molecule has 0 aliphatic carbocycles. The Morgan fingerprint density at radius 3 is 2.26 bits per heavy atom. The molecule has 0 aromatic rings. The first-order valence-electron chi connectivity index (χ1n) is 9.45. The molecule has 0 unspecified atom stereocenters. The fraction of sp³-hybridized carbons (Fsp3) is 0.941. The quantitative estimate of drug-likeness (QED) is 0.304. The molecule has 0 amide bonds. The fourth-order valence-corrected chi connectivity index (χ4v) is 4.36. The van der Waals surface area contributed by atoms with E-state index in [-0.39, 0.29) is 29.5 Å². The van der Waals surface area contributed by atoms with Crippen LogP contribution < -0.4 is 10.6 Å². The largest absolute Gasteiger partial charge is 0.379 e. The second-order valence-electron chi connectivity index (χ2n) is 7.82. The van der Waals surface area contributed by atoms with Crippen LogP contribution in [0.4, 0.5) is 0 Å². The summed E-state index contributed by atoms with van der Waals surface area (Å²) in [7, 11) is -1.28. The van der Waals surface area contributed by atoms with Gasteiger partial charge in [0.05, 0.1) is 19.5 Å². The molecule has 10 heteroatoms. The van der Waals surface area contributed by atoms with Crippen molar-refractivity contribution in [1.82, 2.24) is 19.8 Å². The van der Waals surface area contributed by atoms with Gasteiger partial charge in [0.1, 0.15) is 0 Å². The van der Waals surface area contributed by atoms with Crippen molar-refractivity contribution < 1.29 is 13.2 Å². The summed E-state index contributed by atoms with van der Waals surface area (Å²) in [5, 5.41) is 6.83. The van der Waals surface area contributed by atoms with E-state index in [1.807, 2.05) is 0 Å². The molecule has 0 radical (unpaired) electrons. The maximum absolute atomic E-state index is 11.6. The molecule has 2 heterocycles. The maximum Gasteiger partial charge on any atom is 0.211 e. The third-order valence-electron chi connectivity index (χ3n) is 5.38. The molecule has 0 aromatic carbocycles. The van der Waals surface area contributed by atoms with E-state index in [1.54, 1.807) is 11.4 Å². The van der Waals surface area contributed by atoms with Crippen LogP contribution in [0.1, 0.15) is 26.7 Å². The molecule has 2 rings (SSSR count). The van der Waals surface area contributed by atoms with Crippen LogP contribution in [0.2, 0.25) is 0 Å². The van der Waals surface area contributed by atoms with E-state index in [2.05, 4.69) is 34.4 Å². The van der Waals surface area contributed by atoms with Gasteiger partial charge in [-0.3, -0.25) is 9.89 Å². The number of piperidine rings is 1. The summed E-state index contributed by atoms with van der Waals surface area (Å²) in [5.41, 5.74) is 0.0300. The highest BCUT2D eigenvalue weighted by Crippen LogP contribution is 2.18. The molecule has 2 fully saturated rings. The summed E-state index contributed by atoms with van der Waals surface area (Å²) in [6.07, 6.45) is 3.06. The molecule has 2 aliphatic heterocycles. The van der Waals surface area contributed by atoms with Crippen molar-refractivity contribution in [3.05, 3.63) is 0 Å². The van der Waals surface area contributed by atoms with E-state index in [4.69, 9.17) is 4.74 Å². The number of aliphatic imine (C=N–C) groups is 1. The van der Waals surface area contributed by atoms with Gasteiger partial charge >= 0.3 is 0 Å². The predicted molar refractivity (Wildman–Crippen MR) is 120 cm³/mol. The van der Waals surface area contributed by atoms with Crippen LogP contribution in [0.5, 0.6) is 0 Å². The van der Waals surface area contributed by atoms with Crippen molar-refractivity contribution in [3.8, 4) is 0 Å². The van der Waals surface area contributed by atoms with Gasteiger partial charge in [0, 0.05) is 51.9 Å². The van der Waals surface area contributed by atoms with Crippen molar-refractivity contribution in [2.24, 2.45) is 10.9 Å². The van der Waals surface area contributed by atoms with E-state index >= 15 is 0 Å². The summed E-state index contributed by atoms with van der Waals surface area (Å²) in [6, 6.07) is 0. The minimum absolute atomic E-state index is 0. The molecule has 0 atom stereocenters. The van der Waals surface area contributed by atoms with Crippen molar-refractivity contribution in [3.63, 3.8) is 0 Å². The average Bonchev–Trinajstić information content (AvgIpc) is 2.62. The molecule has 2 N–H and O–H groups in total. The van der Waals surface area contributed by atoms with Crippen LogP contribution in [0, 0.1) is 5.92 Å². The number of nitrogens with zero attached hydrogens (tertiary/aromatic N) is 3. The van der Waals surface area contributed by atoms with Crippen molar-refractivity contribution >= 4 is 40.0 Å². The van der Waals surface area contributed by atoms with Gasteiger partial charge in [-0.05, 0) is 32.6 Å². The zero-order valence-corrected chi connectivity index (χ0v) is 20.2. The van der Waals surface area contributed by atoms with Crippen LogP contribution in [0.3, 0.4) is 0 Å². The lowest BCUT2D eigenvalue weighted by Crippen LogP contribution is -2.56. The first kappa shape index (κ1) is 24.9. The van der Waals surface area contributed by atoms with Gasteiger partial charge in [0.25, 0.3) is 0 Å². The number of nitrogens with one attached hydrogen (secondary N) is 2. The Morgan fingerprint density at radius 2 is 1.74 bits per heavy atom. The Morgan fingerprint density at radius 1 is 1.15 bits per heavy atom. The normalized spacial score (nSPS) is 21.6. The highest BCUT2D eigenvalue weighted by atomic mass is 127. The first-order chi connectivity index (χ1) is 12.2. The number of ether oxygens (including phenoxy) is 1. The highest BCUT2D eigenvalue weighted by molar-refractivity contribution is 14.0. The minimum atomic E-state index is -3.06. The van der Waals surface area contributed by atoms with Gasteiger partial charge in [0.2, 0.25) is 10.0 Å². The van der Waals surface area contributed by atoms with E-state index in [0.29, 0.717) is 19.0 Å². The number of rotatable bonds is 6. The van der Waals surface area contributed by atoms with Crippen LogP contribution in [0.25, 0.3) is 0 Å². The van der Waals surface area contributed by atoms with Crippen molar-refractivity contribution in [1.29, 1.82) is 0 Å². The van der Waals surface area contributed by atoms with Crippen LogP contribution in [0.15, 0.2) is 4.99 Å². The molecule has 27 heavy (non-hydrogen) atoms. The maximum atomic E-state index is 11.6. The fourth-order valence-electron chi connectivity index (χ4n) is 3.49. The number of guanidine groups is 1. The Hall–Kier alpha value is -0.170. The van der Waals surface area contributed by atoms with E-state index < -0.39 is 10.0 Å². The van der Waals surface area contributed by atoms with Crippen LogP contribution >= 0.6 is 24.0 Å². The van der Waals surface area contributed by atoms with Gasteiger partial charge in [-0.2, -0.15) is 0 Å². The SMILES string of the molecule is CN=C(NCC1CCN(S(C)(=O)=O)CC1)NCC(C)(C)N1CCOCC1.I. The molecular weight excluding hydrogens is 481 g/mol. The predicted octanol–water partition coefficient (Wildman–Crippen LogP) is 0.552. The smallest absolute Gasteiger partial charge is 0.211 e. The Balaban J connectivity index is 0.00000364. The Bertz CT molecular complexity index is 571. The lowest BCUT2D eigenvalue weighted by Gasteiger charge is -2.41. The topological polar surface area (TPSA) is 86.3 Å². The van der Waals surface area contributed by atoms with E-state index in [0.717, 1.165) is 58.2 Å². The van der Waals surface area contributed by atoms with Gasteiger partial charge in [-0.1, -0.05) is 0 Å². The van der Waals surface area contributed by atoms with E-state index in [1.165, 1.54) is 6.26 Å². The third kappa shape index (κ3) is 8.00. The molecule has 2 saturated heterocycles. The second-order valence-corrected chi connectivity index (χ2v) is 9.81. The molecule has 0 spiro atoms. The lowest BCUT2D eigenvalue weighted by atomic mass is 9.98. The van der Waals surface area contributed by atoms with Gasteiger partial charge < -0.3 is 15.4 Å².